The number of alkyl halides is 3. The number of aromatic hydroxyl groups is 1. The van der Waals surface area contributed by atoms with Crippen LogP contribution in [0, 0.1) is 0 Å². The summed E-state index contributed by atoms with van der Waals surface area (Å²) in [5.41, 5.74) is 1.23. The second-order valence-corrected chi connectivity index (χ2v) is 7.74. The number of rotatable bonds is 5. The molecule has 0 aliphatic rings. The fourth-order valence-corrected chi connectivity index (χ4v) is 3.95. The fourth-order valence-electron chi connectivity index (χ4n) is 2.63. The van der Waals surface area contributed by atoms with E-state index in [0.717, 1.165) is 12.1 Å². The quantitative estimate of drug-likeness (QED) is 0.420. The number of hydrogen-bond acceptors (Lipinski definition) is 3. The molecule has 0 amide bonds. The summed E-state index contributed by atoms with van der Waals surface area (Å²) in [6.45, 7) is 0. The maximum atomic E-state index is 12.7. The van der Waals surface area contributed by atoms with Crippen LogP contribution in [0.1, 0.15) is 27.2 Å². The SMILES string of the molecule is O=C(CCc1ccc(O)c(Cl)c1Cl)c1cc(-c2ccc(C(F)(F)F)cc2)cs1. The second kappa shape index (κ2) is 8.15. The van der Waals surface area contributed by atoms with Crippen LogP contribution in [-0.4, -0.2) is 10.9 Å². The number of phenolic OH excluding ortho intramolecular Hbond substituents is 1. The molecule has 2 nitrogen and oxygen atoms in total. The zero-order chi connectivity index (χ0) is 20.5. The third-order valence-corrected chi connectivity index (χ3v) is 6.07. The third-order valence-electron chi connectivity index (χ3n) is 4.18. The molecule has 1 heterocycles. The van der Waals surface area contributed by atoms with Crippen molar-refractivity contribution in [2.45, 2.75) is 19.0 Å². The summed E-state index contributed by atoms with van der Waals surface area (Å²) in [7, 11) is 0. The molecule has 2 aromatic carbocycles. The Morgan fingerprint density at radius 3 is 2.32 bits per heavy atom. The molecule has 0 aliphatic heterocycles. The van der Waals surface area contributed by atoms with Crippen LogP contribution in [0.3, 0.4) is 0 Å². The number of thiophene rings is 1. The van der Waals surface area contributed by atoms with Gasteiger partial charge in [-0.15, -0.1) is 11.3 Å². The lowest BCUT2D eigenvalue weighted by molar-refractivity contribution is -0.137. The first-order chi connectivity index (χ1) is 13.2. The highest BCUT2D eigenvalue weighted by Gasteiger charge is 2.30. The Balaban J connectivity index is 1.70. The minimum absolute atomic E-state index is 0.0485. The highest BCUT2D eigenvalue weighted by atomic mass is 35.5. The summed E-state index contributed by atoms with van der Waals surface area (Å²) in [5.74, 6) is -0.232. The second-order valence-electron chi connectivity index (χ2n) is 6.07. The van der Waals surface area contributed by atoms with Gasteiger partial charge in [0, 0.05) is 6.42 Å². The van der Waals surface area contributed by atoms with Gasteiger partial charge in [0.05, 0.1) is 15.5 Å². The van der Waals surface area contributed by atoms with Gasteiger partial charge in [0.1, 0.15) is 10.8 Å². The average Bonchev–Trinajstić information content (AvgIpc) is 3.15. The molecule has 28 heavy (non-hydrogen) atoms. The molecule has 0 saturated heterocycles. The van der Waals surface area contributed by atoms with Gasteiger partial charge < -0.3 is 5.11 Å². The molecule has 0 spiro atoms. The van der Waals surface area contributed by atoms with Gasteiger partial charge in [-0.3, -0.25) is 4.79 Å². The van der Waals surface area contributed by atoms with E-state index >= 15 is 0 Å². The molecule has 0 aliphatic carbocycles. The first-order valence-corrected chi connectivity index (χ1v) is 9.75. The van der Waals surface area contributed by atoms with Crippen LogP contribution in [0.5, 0.6) is 5.75 Å². The lowest BCUT2D eigenvalue weighted by Gasteiger charge is -2.07. The van der Waals surface area contributed by atoms with Gasteiger partial charge in [0.25, 0.3) is 0 Å². The van der Waals surface area contributed by atoms with Gasteiger partial charge in [0.2, 0.25) is 0 Å². The van der Waals surface area contributed by atoms with Crippen molar-refractivity contribution in [2.75, 3.05) is 0 Å². The van der Waals surface area contributed by atoms with Gasteiger partial charge in [-0.2, -0.15) is 13.2 Å². The number of hydrogen-bond donors (Lipinski definition) is 1. The molecule has 0 unspecified atom stereocenters. The number of phenols is 1. The van der Waals surface area contributed by atoms with Crippen LogP contribution in [0.4, 0.5) is 13.2 Å². The first kappa shape index (κ1) is 20.7. The van der Waals surface area contributed by atoms with Crippen LogP contribution in [0.15, 0.2) is 47.8 Å². The molecule has 0 saturated carbocycles. The molecule has 146 valence electrons. The molecule has 3 aromatic rings. The van der Waals surface area contributed by atoms with Gasteiger partial charge in [-0.05, 0) is 52.8 Å². The van der Waals surface area contributed by atoms with Crippen LogP contribution in [0.2, 0.25) is 10.0 Å². The van der Waals surface area contributed by atoms with E-state index in [1.54, 1.807) is 17.5 Å². The molecule has 1 aromatic heterocycles. The molecule has 8 heteroatoms. The summed E-state index contributed by atoms with van der Waals surface area (Å²) < 4.78 is 38.0. The molecule has 0 atom stereocenters. The van der Waals surface area contributed by atoms with Gasteiger partial charge in [-0.1, -0.05) is 41.4 Å². The Hall–Kier alpha value is -2.02. The van der Waals surface area contributed by atoms with E-state index in [1.165, 1.54) is 29.5 Å². The number of Topliss-reactive ketones (excluding diaryl/α,β-unsaturated/α-hetero) is 1. The molecule has 1 N–H and O–H groups in total. The highest BCUT2D eigenvalue weighted by molar-refractivity contribution is 7.12. The zero-order valence-electron chi connectivity index (χ0n) is 14.2. The zero-order valence-corrected chi connectivity index (χ0v) is 16.5. The fraction of sp³-hybridized carbons (Fsp3) is 0.150. The number of halogens is 5. The Kier molecular flexibility index (Phi) is 6.03. The van der Waals surface area contributed by atoms with Crippen molar-refractivity contribution in [1.82, 2.24) is 0 Å². The minimum Gasteiger partial charge on any atom is -0.506 e. The summed E-state index contributed by atoms with van der Waals surface area (Å²) in [6.07, 6.45) is -3.84. The molecule has 0 bridgehead atoms. The lowest BCUT2D eigenvalue weighted by Crippen LogP contribution is -2.03. The monoisotopic (exact) mass is 444 g/mol. The van der Waals surface area contributed by atoms with E-state index < -0.39 is 11.7 Å². The third kappa shape index (κ3) is 4.51. The number of benzene rings is 2. The average molecular weight is 445 g/mol. The summed E-state index contributed by atoms with van der Waals surface area (Å²) >= 11 is 13.2. The van der Waals surface area contributed by atoms with Crippen LogP contribution in [-0.2, 0) is 12.6 Å². The topological polar surface area (TPSA) is 37.3 Å². The maximum absolute atomic E-state index is 12.7. The number of carbonyl (C=O) groups is 1. The van der Waals surface area contributed by atoms with E-state index in [-0.39, 0.29) is 28.0 Å². The Morgan fingerprint density at radius 2 is 1.68 bits per heavy atom. The van der Waals surface area contributed by atoms with Crippen molar-refractivity contribution >= 4 is 40.3 Å². The van der Waals surface area contributed by atoms with Crippen molar-refractivity contribution in [2.24, 2.45) is 0 Å². The van der Waals surface area contributed by atoms with Crippen LogP contribution in [0.25, 0.3) is 11.1 Å². The van der Waals surface area contributed by atoms with Crippen molar-refractivity contribution in [3.8, 4) is 16.9 Å². The van der Waals surface area contributed by atoms with Crippen molar-refractivity contribution in [3.63, 3.8) is 0 Å². The van der Waals surface area contributed by atoms with Gasteiger partial charge >= 0.3 is 6.18 Å². The molecule has 0 fully saturated rings. The lowest BCUT2D eigenvalue weighted by atomic mass is 10.0. The molecule has 3 rings (SSSR count). The largest absolute Gasteiger partial charge is 0.506 e. The summed E-state index contributed by atoms with van der Waals surface area (Å²) in [4.78, 5) is 13.0. The molecule has 0 radical (unpaired) electrons. The van der Waals surface area contributed by atoms with Crippen LogP contribution >= 0.6 is 34.5 Å². The summed E-state index contributed by atoms with van der Waals surface area (Å²) in [5, 5.41) is 11.5. The smallest absolute Gasteiger partial charge is 0.416 e. The predicted molar refractivity (Wildman–Crippen MR) is 106 cm³/mol. The van der Waals surface area contributed by atoms with Gasteiger partial charge in [0.15, 0.2) is 5.78 Å². The predicted octanol–water partition coefficient (Wildman–Crippen LogP) is 7.26. The van der Waals surface area contributed by atoms with E-state index in [4.69, 9.17) is 23.2 Å². The number of carbonyl (C=O) groups excluding carboxylic acids is 1. The van der Waals surface area contributed by atoms with E-state index in [1.807, 2.05) is 0 Å². The van der Waals surface area contributed by atoms with E-state index in [9.17, 15) is 23.1 Å². The van der Waals surface area contributed by atoms with Crippen molar-refractivity contribution in [1.29, 1.82) is 0 Å². The molecular formula is C20H13Cl2F3O2S. The van der Waals surface area contributed by atoms with Crippen molar-refractivity contribution < 1.29 is 23.1 Å². The Morgan fingerprint density at radius 1 is 1.00 bits per heavy atom. The van der Waals surface area contributed by atoms with Crippen molar-refractivity contribution in [3.05, 3.63) is 73.9 Å². The Bertz CT molecular complexity index is 1010. The normalized spacial score (nSPS) is 11.6. The van der Waals surface area contributed by atoms with E-state index in [2.05, 4.69) is 0 Å². The van der Waals surface area contributed by atoms with Gasteiger partial charge in [-0.25, -0.2) is 0 Å². The Labute approximate surface area is 173 Å². The molecular weight excluding hydrogens is 432 g/mol. The first-order valence-electron chi connectivity index (χ1n) is 8.12. The summed E-state index contributed by atoms with van der Waals surface area (Å²) in [6, 6.07) is 9.51. The minimum atomic E-state index is -4.38. The number of ketones is 1. The highest BCUT2D eigenvalue weighted by Crippen LogP contribution is 2.35. The van der Waals surface area contributed by atoms with Crippen LogP contribution < -0.4 is 0 Å². The number of aryl methyl sites for hydroxylation is 1. The maximum Gasteiger partial charge on any atom is 0.416 e. The van der Waals surface area contributed by atoms with E-state index in [0.29, 0.717) is 28.0 Å². The standard InChI is InChI=1S/C20H13Cl2F3O2S/c21-18-12(4-8-16(27)19(18)22)3-7-15(26)17-9-13(10-28-17)11-1-5-14(6-2-11)20(23,24)25/h1-2,4-6,8-10,27H,3,7H2.